The lowest BCUT2D eigenvalue weighted by molar-refractivity contribution is 0.0486. The second-order valence-electron chi connectivity index (χ2n) is 1.58. The van der Waals surface area contributed by atoms with E-state index in [1.165, 1.54) is 0 Å². The molecule has 0 saturated carbocycles. The first-order valence-corrected chi connectivity index (χ1v) is 3.50. The fourth-order valence-corrected chi connectivity index (χ4v) is 1.02. The Labute approximate surface area is 51.3 Å². The molecule has 0 radical (unpaired) electrons. The molecule has 0 spiro atoms. The summed E-state index contributed by atoms with van der Waals surface area (Å²) in [5.41, 5.74) is 2.79. The number of rotatable bonds is 1. The topological polar surface area (TPSA) is 21.3 Å². The maximum Gasteiger partial charge on any atom is 0.0899 e. The smallest absolute Gasteiger partial charge is 0.0899 e. The van der Waals surface area contributed by atoms with Crippen molar-refractivity contribution in [2.45, 2.75) is 12.5 Å². The highest BCUT2D eigenvalue weighted by Gasteiger charge is 2.12. The van der Waals surface area contributed by atoms with Crippen molar-refractivity contribution in [1.29, 1.82) is 0 Å². The number of nitrogens with one attached hydrogen (secondary N) is 1. The van der Waals surface area contributed by atoms with Crippen LogP contribution in [0.4, 0.5) is 0 Å². The van der Waals surface area contributed by atoms with E-state index in [0.29, 0.717) is 6.10 Å². The highest BCUT2D eigenvalue weighted by atomic mass is 79.9. The Morgan fingerprint density at radius 2 is 2.71 bits per heavy atom. The molecule has 0 bridgehead atoms. The second kappa shape index (κ2) is 2.64. The molecule has 1 saturated heterocycles. The van der Waals surface area contributed by atoms with E-state index in [-0.39, 0.29) is 0 Å². The van der Waals surface area contributed by atoms with Crippen LogP contribution in [0.1, 0.15) is 6.42 Å². The third-order valence-corrected chi connectivity index (χ3v) is 1.71. The molecule has 1 fully saturated rings. The van der Waals surface area contributed by atoms with Crippen LogP contribution in [-0.2, 0) is 4.84 Å². The third-order valence-electron chi connectivity index (χ3n) is 0.990. The highest BCUT2D eigenvalue weighted by Crippen LogP contribution is 2.04. The zero-order valence-electron chi connectivity index (χ0n) is 3.98. The van der Waals surface area contributed by atoms with Crippen LogP contribution in [0.15, 0.2) is 0 Å². The van der Waals surface area contributed by atoms with Gasteiger partial charge >= 0.3 is 0 Å². The number of halogens is 1. The third kappa shape index (κ3) is 1.40. The predicted molar refractivity (Wildman–Crippen MR) is 31.3 cm³/mol. The molecule has 1 aliphatic rings. The van der Waals surface area contributed by atoms with Crippen LogP contribution in [0.25, 0.3) is 0 Å². The van der Waals surface area contributed by atoms with Crippen molar-refractivity contribution in [1.82, 2.24) is 5.48 Å². The minimum atomic E-state index is 0.403. The van der Waals surface area contributed by atoms with Crippen LogP contribution in [0.5, 0.6) is 0 Å². The molecule has 0 amide bonds. The lowest BCUT2D eigenvalue weighted by Gasteiger charge is -1.98. The first kappa shape index (κ1) is 5.54. The molecule has 0 aromatic heterocycles. The second-order valence-corrected chi connectivity index (χ2v) is 2.22. The fourth-order valence-electron chi connectivity index (χ4n) is 0.564. The molecule has 1 rings (SSSR count). The Bertz CT molecular complexity index is 53.7. The average Bonchev–Trinajstić information content (AvgIpc) is 2.14. The van der Waals surface area contributed by atoms with Gasteiger partial charge in [0, 0.05) is 11.9 Å². The maximum atomic E-state index is 5.01. The standard InChI is InChI=1S/C4H8BrNO/c5-3-4-1-2-6-7-4/h4,6H,1-3H2. The molecular weight excluding hydrogens is 158 g/mol. The molecule has 1 unspecified atom stereocenters. The van der Waals surface area contributed by atoms with E-state index in [4.69, 9.17) is 4.84 Å². The molecule has 2 nitrogen and oxygen atoms in total. The van der Waals surface area contributed by atoms with Gasteiger partial charge in [0.2, 0.25) is 0 Å². The predicted octanol–water partition coefficient (Wildman–Crippen LogP) is 0.675. The summed E-state index contributed by atoms with van der Waals surface area (Å²) in [5, 5.41) is 0.944. The van der Waals surface area contributed by atoms with Gasteiger partial charge in [0.05, 0.1) is 6.10 Å². The van der Waals surface area contributed by atoms with Gasteiger partial charge in [-0.05, 0) is 6.42 Å². The van der Waals surface area contributed by atoms with Gasteiger partial charge in [0.1, 0.15) is 0 Å². The molecule has 0 aliphatic carbocycles. The van der Waals surface area contributed by atoms with E-state index in [2.05, 4.69) is 21.4 Å². The van der Waals surface area contributed by atoms with Gasteiger partial charge in [0.15, 0.2) is 0 Å². The van der Waals surface area contributed by atoms with Gasteiger partial charge in [-0.25, -0.2) is 5.48 Å². The van der Waals surface area contributed by atoms with Gasteiger partial charge in [-0.2, -0.15) is 0 Å². The van der Waals surface area contributed by atoms with E-state index in [9.17, 15) is 0 Å². The van der Waals surface area contributed by atoms with Gasteiger partial charge < -0.3 is 0 Å². The van der Waals surface area contributed by atoms with E-state index in [0.717, 1.165) is 18.3 Å². The van der Waals surface area contributed by atoms with Crippen molar-refractivity contribution in [3.63, 3.8) is 0 Å². The Kier molecular flexibility index (Phi) is 2.09. The van der Waals surface area contributed by atoms with Crippen molar-refractivity contribution in [3.8, 4) is 0 Å². The van der Waals surface area contributed by atoms with Gasteiger partial charge in [-0.15, -0.1) is 0 Å². The van der Waals surface area contributed by atoms with E-state index in [1.54, 1.807) is 0 Å². The SMILES string of the molecule is BrCC1CCNO1. The molecule has 7 heavy (non-hydrogen) atoms. The van der Waals surface area contributed by atoms with Crippen LogP contribution < -0.4 is 5.48 Å². The van der Waals surface area contributed by atoms with Crippen LogP contribution in [0.3, 0.4) is 0 Å². The monoisotopic (exact) mass is 165 g/mol. The van der Waals surface area contributed by atoms with Crippen molar-refractivity contribution >= 4 is 15.9 Å². The summed E-state index contributed by atoms with van der Waals surface area (Å²) >= 11 is 3.31. The normalized spacial score (nSPS) is 31.3. The van der Waals surface area contributed by atoms with E-state index in [1.807, 2.05) is 0 Å². The first-order chi connectivity index (χ1) is 3.43. The Morgan fingerprint density at radius 3 is 3.00 bits per heavy atom. The lowest BCUT2D eigenvalue weighted by atomic mass is 10.3. The highest BCUT2D eigenvalue weighted by molar-refractivity contribution is 9.09. The summed E-state index contributed by atoms with van der Waals surface area (Å²) < 4.78 is 0. The summed E-state index contributed by atoms with van der Waals surface area (Å²) in [7, 11) is 0. The molecule has 42 valence electrons. The minimum Gasteiger partial charge on any atom is -0.298 e. The first-order valence-electron chi connectivity index (χ1n) is 2.38. The maximum absolute atomic E-state index is 5.01. The summed E-state index contributed by atoms with van der Waals surface area (Å²) in [5.74, 6) is 0. The minimum absolute atomic E-state index is 0.403. The van der Waals surface area contributed by atoms with Crippen LogP contribution >= 0.6 is 15.9 Å². The Balaban J connectivity index is 2.14. The van der Waals surface area contributed by atoms with E-state index >= 15 is 0 Å². The fraction of sp³-hybridized carbons (Fsp3) is 1.00. The summed E-state index contributed by atoms with van der Waals surface area (Å²) in [6.07, 6.45) is 1.53. The van der Waals surface area contributed by atoms with Crippen LogP contribution in [0, 0.1) is 0 Å². The average molecular weight is 166 g/mol. The summed E-state index contributed by atoms with van der Waals surface area (Å²) in [6.45, 7) is 0.996. The zero-order chi connectivity index (χ0) is 5.11. The van der Waals surface area contributed by atoms with Crippen LogP contribution in [0.2, 0.25) is 0 Å². The van der Waals surface area contributed by atoms with Crippen molar-refractivity contribution in [2.75, 3.05) is 11.9 Å². The molecule has 1 heterocycles. The van der Waals surface area contributed by atoms with Crippen molar-refractivity contribution in [3.05, 3.63) is 0 Å². The molecular formula is C4H8BrNO. The quantitative estimate of drug-likeness (QED) is 0.578. The summed E-state index contributed by atoms with van der Waals surface area (Å²) in [6, 6.07) is 0. The molecule has 0 aromatic rings. The van der Waals surface area contributed by atoms with Gasteiger partial charge in [0.25, 0.3) is 0 Å². The van der Waals surface area contributed by atoms with E-state index < -0.39 is 0 Å². The number of hydrogen-bond donors (Lipinski definition) is 1. The van der Waals surface area contributed by atoms with Gasteiger partial charge in [-0.3, -0.25) is 4.84 Å². The molecule has 0 aromatic carbocycles. The molecule has 3 heteroatoms. The zero-order valence-corrected chi connectivity index (χ0v) is 5.57. The van der Waals surface area contributed by atoms with Gasteiger partial charge in [-0.1, -0.05) is 15.9 Å². The molecule has 1 atom stereocenters. The Morgan fingerprint density at radius 1 is 1.86 bits per heavy atom. The summed E-state index contributed by atoms with van der Waals surface area (Å²) in [4.78, 5) is 5.01. The Hall–Kier alpha value is 0.400. The molecule has 1 aliphatic heterocycles. The van der Waals surface area contributed by atoms with Crippen molar-refractivity contribution in [2.24, 2.45) is 0 Å². The van der Waals surface area contributed by atoms with Crippen LogP contribution in [-0.4, -0.2) is 18.0 Å². The lowest BCUT2D eigenvalue weighted by Crippen LogP contribution is -2.09. The molecule has 1 N–H and O–H groups in total. The number of hydrogen-bond acceptors (Lipinski definition) is 2. The largest absolute Gasteiger partial charge is 0.298 e. The number of hydroxylamine groups is 1. The number of alkyl halides is 1. The van der Waals surface area contributed by atoms with Crippen molar-refractivity contribution < 1.29 is 4.84 Å².